The number of aryl methyl sites for hydroxylation is 1. The molecular weight excluding hydrogens is 514 g/mol. The molecule has 1 aliphatic rings. The van der Waals surface area contributed by atoms with Gasteiger partial charge in [0.2, 0.25) is 5.91 Å². The van der Waals surface area contributed by atoms with Crippen LogP contribution in [0, 0.1) is 5.92 Å². The third-order valence-electron chi connectivity index (χ3n) is 7.26. The minimum atomic E-state index is -0.889. The lowest BCUT2D eigenvalue weighted by atomic mass is 10.2. The Kier molecular flexibility index (Phi) is 7.28. The first-order valence-corrected chi connectivity index (χ1v) is 13.2. The number of hydrogen-bond donors (Lipinski definition) is 1. The molecule has 1 fully saturated rings. The van der Waals surface area contributed by atoms with Crippen molar-refractivity contribution in [2.24, 2.45) is 13.0 Å². The molecule has 0 aromatic carbocycles. The summed E-state index contributed by atoms with van der Waals surface area (Å²) in [7, 11) is 1.47. The number of nitrogens with one attached hydrogen (secondary N) is 1. The largest absolute Gasteiger partial charge is 0.356 e. The van der Waals surface area contributed by atoms with Crippen molar-refractivity contribution in [2.75, 3.05) is 23.3 Å². The smallest absolute Gasteiger partial charge is 0.332 e. The van der Waals surface area contributed by atoms with Crippen LogP contribution < -0.4 is 21.5 Å². The molecule has 5 rings (SSSR count). The van der Waals surface area contributed by atoms with Crippen LogP contribution >= 0.6 is 0 Å². The van der Waals surface area contributed by atoms with Crippen molar-refractivity contribution in [3.8, 4) is 11.3 Å². The van der Waals surface area contributed by atoms with Crippen molar-refractivity contribution in [1.29, 1.82) is 0 Å². The SMILES string of the molecule is CCC(=O)Cn1c(=O)c2c(ncn2[C@@H](C)C(=O)Nc2cncc(-c3ccc(N4CCC(C)C4)nc3)n2)n(C)c1=O. The van der Waals surface area contributed by atoms with Gasteiger partial charge in [0.15, 0.2) is 22.8 Å². The van der Waals surface area contributed by atoms with Gasteiger partial charge in [-0.05, 0) is 31.4 Å². The van der Waals surface area contributed by atoms with Crippen molar-refractivity contribution in [1.82, 2.24) is 33.6 Å². The predicted molar refractivity (Wildman–Crippen MR) is 149 cm³/mol. The van der Waals surface area contributed by atoms with Gasteiger partial charge in [-0.2, -0.15) is 0 Å². The Hall–Kier alpha value is -4.68. The van der Waals surface area contributed by atoms with E-state index in [1.807, 2.05) is 12.1 Å². The molecule has 5 heterocycles. The molecule has 0 spiro atoms. The number of nitrogens with zero attached hydrogens (tertiary/aromatic N) is 8. The zero-order chi connectivity index (χ0) is 28.6. The minimum Gasteiger partial charge on any atom is -0.356 e. The lowest BCUT2D eigenvalue weighted by molar-refractivity contribution is -0.120. The van der Waals surface area contributed by atoms with Crippen molar-refractivity contribution in [3.05, 3.63) is 57.9 Å². The molecular formula is C27H31N9O4. The van der Waals surface area contributed by atoms with Gasteiger partial charge in [-0.3, -0.25) is 28.5 Å². The molecule has 1 amide bonds. The van der Waals surface area contributed by atoms with Crippen LogP contribution in [0.4, 0.5) is 11.6 Å². The molecule has 13 heteroatoms. The molecule has 4 aromatic heterocycles. The molecule has 0 radical (unpaired) electrons. The van der Waals surface area contributed by atoms with E-state index in [4.69, 9.17) is 0 Å². The quantitative estimate of drug-likeness (QED) is 0.349. The van der Waals surface area contributed by atoms with Crippen LogP contribution in [0.2, 0.25) is 0 Å². The number of carbonyl (C=O) groups is 2. The Balaban J connectivity index is 1.38. The Bertz CT molecular complexity index is 1700. The number of anilines is 2. The van der Waals surface area contributed by atoms with Gasteiger partial charge in [0.1, 0.15) is 11.9 Å². The average molecular weight is 546 g/mol. The number of Topliss-reactive ketones (excluding diaryl/α,β-unsaturated/α-hetero) is 1. The van der Waals surface area contributed by atoms with E-state index >= 15 is 0 Å². The van der Waals surface area contributed by atoms with Gasteiger partial charge in [0, 0.05) is 38.3 Å². The van der Waals surface area contributed by atoms with Gasteiger partial charge >= 0.3 is 5.69 Å². The van der Waals surface area contributed by atoms with Gasteiger partial charge in [-0.25, -0.2) is 19.7 Å². The second-order valence-corrected chi connectivity index (χ2v) is 10.1. The monoisotopic (exact) mass is 545 g/mol. The number of aromatic nitrogens is 7. The van der Waals surface area contributed by atoms with E-state index in [1.54, 1.807) is 26.2 Å². The average Bonchev–Trinajstić information content (AvgIpc) is 3.61. The van der Waals surface area contributed by atoms with E-state index in [1.165, 1.54) is 28.7 Å². The van der Waals surface area contributed by atoms with Gasteiger partial charge in [-0.15, -0.1) is 0 Å². The third kappa shape index (κ3) is 5.01. The van der Waals surface area contributed by atoms with Crippen molar-refractivity contribution in [3.63, 3.8) is 0 Å². The van der Waals surface area contributed by atoms with Crippen LogP contribution in [0.25, 0.3) is 22.4 Å². The Morgan fingerprint density at radius 1 is 1.15 bits per heavy atom. The fourth-order valence-corrected chi connectivity index (χ4v) is 4.80. The highest BCUT2D eigenvalue weighted by Crippen LogP contribution is 2.24. The van der Waals surface area contributed by atoms with E-state index in [9.17, 15) is 19.2 Å². The van der Waals surface area contributed by atoms with E-state index in [0.29, 0.717) is 11.6 Å². The lowest BCUT2D eigenvalue weighted by Crippen LogP contribution is -2.41. The molecule has 1 unspecified atom stereocenters. The number of pyridine rings is 1. The summed E-state index contributed by atoms with van der Waals surface area (Å²) in [6.07, 6.45) is 7.43. The van der Waals surface area contributed by atoms with Crippen LogP contribution in [0.5, 0.6) is 0 Å². The minimum absolute atomic E-state index is 0.0482. The Morgan fingerprint density at radius 2 is 1.95 bits per heavy atom. The summed E-state index contributed by atoms with van der Waals surface area (Å²) in [5.41, 5.74) is 0.148. The summed E-state index contributed by atoms with van der Waals surface area (Å²) in [5, 5.41) is 2.75. The fourth-order valence-electron chi connectivity index (χ4n) is 4.80. The topological polar surface area (TPSA) is 150 Å². The first-order valence-electron chi connectivity index (χ1n) is 13.2. The highest BCUT2D eigenvalue weighted by atomic mass is 16.2. The van der Waals surface area contributed by atoms with Crippen LogP contribution in [-0.4, -0.2) is 58.4 Å². The number of ketones is 1. The molecule has 0 saturated carbocycles. The molecule has 0 bridgehead atoms. The standard InChI is InChI=1S/C27H31N9O4/c1-5-19(37)14-35-26(39)23-24(33(4)27(35)40)30-15-36(23)17(3)25(38)32-21-12-28-11-20(31-21)18-6-7-22(29-10-18)34-9-8-16(2)13-34/h6-7,10-12,15-17H,5,8-9,13-14H2,1-4H3,(H,31,32,38)/t16?,17-/m0/s1. The maximum atomic E-state index is 13.2. The zero-order valence-electron chi connectivity index (χ0n) is 22.9. The zero-order valence-corrected chi connectivity index (χ0v) is 22.9. The summed E-state index contributed by atoms with van der Waals surface area (Å²) in [4.78, 5) is 70.9. The van der Waals surface area contributed by atoms with E-state index in [0.717, 1.165) is 35.5 Å². The first-order chi connectivity index (χ1) is 19.2. The highest BCUT2D eigenvalue weighted by molar-refractivity contribution is 5.93. The normalized spacial score (nSPS) is 15.9. The summed E-state index contributed by atoms with van der Waals surface area (Å²) in [5.74, 6) is 1.07. The van der Waals surface area contributed by atoms with Crippen LogP contribution in [-0.2, 0) is 23.2 Å². The number of amides is 1. The summed E-state index contributed by atoms with van der Waals surface area (Å²) in [6, 6.07) is 3.00. The van der Waals surface area contributed by atoms with Gasteiger partial charge in [0.05, 0.1) is 31.0 Å². The Labute approximate surface area is 229 Å². The van der Waals surface area contributed by atoms with E-state index in [2.05, 4.69) is 37.1 Å². The second kappa shape index (κ2) is 10.8. The molecule has 0 aliphatic carbocycles. The number of rotatable bonds is 8. The molecule has 4 aromatic rings. The molecule has 40 heavy (non-hydrogen) atoms. The maximum absolute atomic E-state index is 13.2. The molecule has 2 atom stereocenters. The summed E-state index contributed by atoms with van der Waals surface area (Å²) >= 11 is 0. The third-order valence-corrected chi connectivity index (χ3v) is 7.26. The molecule has 1 N–H and O–H groups in total. The number of fused-ring (bicyclic) bond motifs is 1. The number of carbonyl (C=O) groups excluding carboxylic acids is 2. The first kappa shape index (κ1) is 26.9. The fraction of sp³-hybridized carbons (Fsp3) is 0.407. The Morgan fingerprint density at radius 3 is 2.62 bits per heavy atom. The summed E-state index contributed by atoms with van der Waals surface area (Å²) < 4.78 is 3.45. The number of imidazole rings is 1. The molecule has 1 aliphatic heterocycles. The van der Waals surface area contributed by atoms with Crippen LogP contribution in [0.3, 0.4) is 0 Å². The summed E-state index contributed by atoms with van der Waals surface area (Å²) in [6.45, 7) is 7.11. The molecule has 1 saturated heterocycles. The van der Waals surface area contributed by atoms with Gasteiger partial charge < -0.3 is 14.8 Å². The number of hydrogen-bond acceptors (Lipinski definition) is 9. The van der Waals surface area contributed by atoms with Crippen LogP contribution in [0.1, 0.15) is 39.7 Å². The molecule has 13 nitrogen and oxygen atoms in total. The second-order valence-electron chi connectivity index (χ2n) is 10.1. The predicted octanol–water partition coefficient (Wildman–Crippen LogP) is 1.77. The molecule has 208 valence electrons. The van der Waals surface area contributed by atoms with E-state index < -0.39 is 23.2 Å². The lowest BCUT2D eigenvalue weighted by Gasteiger charge is -2.17. The highest BCUT2D eigenvalue weighted by Gasteiger charge is 2.24. The van der Waals surface area contributed by atoms with Crippen molar-refractivity contribution >= 4 is 34.5 Å². The van der Waals surface area contributed by atoms with Crippen molar-refractivity contribution in [2.45, 2.75) is 46.2 Å². The maximum Gasteiger partial charge on any atom is 0.332 e. The van der Waals surface area contributed by atoms with Crippen LogP contribution in [0.15, 0.2) is 46.6 Å². The van der Waals surface area contributed by atoms with Gasteiger partial charge in [-0.1, -0.05) is 13.8 Å². The van der Waals surface area contributed by atoms with E-state index in [-0.39, 0.29) is 35.7 Å². The van der Waals surface area contributed by atoms with Crippen molar-refractivity contribution < 1.29 is 9.59 Å². The van der Waals surface area contributed by atoms with Gasteiger partial charge in [0.25, 0.3) is 5.56 Å².